The molecule has 3 rings (SSSR count). The van der Waals surface area contributed by atoms with E-state index >= 15 is 0 Å². The number of amides is 1. The Balaban J connectivity index is 1.69. The van der Waals surface area contributed by atoms with Gasteiger partial charge in [0.25, 0.3) is 5.56 Å². The molecule has 2 aromatic rings. The van der Waals surface area contributed by atoms with Crippen LogP contribution in [0.25, 0.3) is 11.1 Å². The molecule has 1 unspecified atom stereocenters. The molecule has 0 spiro atoms. The zero-order valence-corrected chi connectivity index (χ0v) is 16.2. The topological polar surface area (TPSA) is 102 Å². The SMILES string of the molecule is CNC/C=C/C(=O)N1CCC(Nc2cc(-c3ccnc(NC)c3)c[nH]c2=O)C1. The third-order valence-electron chi connectivity index (χ3n) is 4.69. The molecule has 8 nitrogen and oxygen atoms in total. The van der Waals surface area contributed by atoms with Crippen molar-refractivity contribution in [1.82, 2.24) is 20.2 Å². The number of rotatable bonds is 7. The van der Waals surface area contributed by atoms with Crippen LogP contribution in [0.15, 0.2) is 47.5 Å². The first-order valence-corrected chi connectivity index (χ1v) is 9.34. The van der Waals surface area contributed by atoms with Crippen LogP contribution in [0.2, 0.25) is 0 Å². The number of H-pyrrole nitrogens is 1. The van der Waals surface area contributed by atoms with E-state index in [0.717, 1.165) is 23.4 Å². The molecular formula is C20H26N6O2. The maximum absolute atomic E-state index is 12.3. The predicted octanol–water partition coefficient (Wildman–Crippen LogP) is 1.27. The van der Waals surface area contributed by atoms with Crippen LogP contribution in [0.1, 0.15) is 6.42 Å². The number of likely N-dealkylation sites (tertiary alicyclic amines) is 1. The lowest BCUT2D eigenvalue weighted by atomic mass is 10.1. The molecule has 0 radical (unpaired) electrons. The van der Waals surface area contributed by atoms with E-state index in [-0.39, 0.29) is 17.5 Å². The smallest absolute Gasteiger partial charge is 0.271 e. The second kappa shape index (κ2) is 9.18. The highest BCUT2D eigenvalue weighted by Crippen LogP contribution is 2.22. The summed E-state index contributed by atoms with van der Waals surface area (Å²) in [5.41, 5.74) is 2.18. The lowest BCUT2D eigenvalue weighted by Gasteiger charge is -2.16. The van der Waals surface area contributed by atoms with Gasteiger partial charge in [0.1, 0.15) is 11.5 Å². The van der Waals surface area contributed by atoms with E-state index in [1.807, 2.05) is 38.4 Å². The number of likely N-dealkylation sites (N-methyl/N-ethyl adjacent to an activating group) is 1. The molecule has 1 amide bonds. The highest BCUT2D eigenvalue weighted by molar-refractivity contribution is 5.87. The standard InChI is InChI=1S/C20H26N6O2/c1-21-7-3-4-19(27)26-9-6-16(13-26)25-17-10-15(12-24-20(17)28)14-5-8-23-18(11-14)22-2/h3-5,8,10-12,16,21,25H,6-7,9,13H2,1-2H3,(H,22,23)(H,24,28)/b4-3+. The van der Waals surface area contributed by atoms with Crippen molar-refractivity contribution in [2.75, 3.05) is 44.4 Å². The fraction of sp³-hybridized carbons (Fsp3) is 0.350. The Labute approximate surface area is 164 Å². The van der Waals surface area contributed by atoms with Crippen LogP contribution in [0.3, 0.4) is 0 Å². The summed E-state index contributed by atoms with van der Waals surface area (Å²) >= 11 is 0. The lowest BCUT2D eigenvalue weighted by Crippen LogP contribution is -2.31. The summed E-state index contributed by atoms with van der Waals surface area (Å²) in [6, 6.07) is 5.70. The van der Waals surface area contributed by atoms with Gasteiger partial charge >= 0.3 is 0 Å². The van der Waals surface area contributed by atoms with Crippen molar-refractivity contribution in [2.45, 2.75) is 12.5 Å². The van der Waals surface area contributed by atoms with Gasteiger partial charge in [0, 0.05) is 56.8 Å². The Bertz CT molecular complexity index is 908. The number of hydrogen-bond donors (Lipinski definition) is 4. The maximum Gasteiger partial charge on any atom is 0.271 e. The molecule has 0 saturated carbocycles. The van der Waals surface area contributed by atoms with Gasteiger partial charge in [-0.05, 0) is 37.2 Å². The number of aromatic nitrogens is 2. The van der Waals surface area contributed by atoms with E-state index in [2.05, 4.69) is 25.9 Å². The van der Waals surface area contributed by atoms with Crippen molar-refractivity contribution in [3.8, 4) is 11.1 Å². The zero-order valence-electron chi connectivity index (χ0n) is 16.2. The summed E-state index contributed by atoms with van der Waals surface area (Å²) in [4.78, 5) is 33.2. The van der Waals surface area contributed by atoms with Gasteiger partial charge in [-0.15, -0.1) is 0 Å². The monoisotopic (exact) mass is 382 g/mol. The quantitative estimate of drug-likeness (QED) is 0.538. The average molecular weight is 382 g/mol. The van der Waals surface area contributed by atoms with Crippen LogP contribution < -0.4 is 21.5 Å². The summed E-state index contributed by atoms with van der Waals surface area (Å²) in [6.45, 7) is 1.91. The average Bonchev–Trinajstić information content (AvgIpc) is 3.18. The summed E-state index contributed by atoms with van der Waals surface area (Å²) in [7, 11) is 3.65. The van der Waals surface area contributed by atoms with E-state index in [4.69, 9.17) is 0 Å². The highest BCUT2D eigenvalue weighted by atomic mass is 16.2. The summed E-state index contributed by atoms with van der Waals surface area (Å²) in [5, 5.41) is 9.28. The second-order valence-corrected chi connectivity index (χ2v) is 6.69. The minimum absolute atomic E-state index is 0.00130. The molecule has 1 fully saturated rings. The van der Waals surface area contributed by atoms with Gasteiger partial charge in [0.05, 0.1) is 0 Å². The first-order valence-electron chi connectivity index (χ1n) is 9.34. The summed E-state index contributed by atoms with van der Waals surface area (Å²) in [6.07, 6.45) is 7.62. The molecule has 1 atom stereocenters. The molecule has 2 aromatic heterocycles. The largest absolute Gasteiger partial charge is 0.376 e. The molecule has 1 aliphatic rings. The van der Waals surface area contributed by atoms with Crippen molar-refractivity contribution >= 4 is 17.4 Å². The molecule has 3 heterocycles. The number of carbonyl (C=O) groups excluding carboxylic acids is 1. The number of pyridine rings is 2. The molecule has 0 aromatic carbocycles. The van der Waals surface area contributed by atoms with Crippen LogP contribution in [0.4, 0.5) is 11.5 Å². The van der Waals surface area contributed by atoms with E-state index in [9.17, 15) is 9.59 Å². The summed E-state index contributed by atoms with van der Waals surface area (Å²) < 4.78 is 0. The van der Waals surface area contributed by atoms with Crippen molar-refractivity contribution in [3.63, 3.8) is 0 Å². The fourth-order valence-corrected chi connectivity index (χ4v) is 3.19. The highest BCUT2D eigenvalue weighted by Gasteiger charge is 2.25. The number of nitrogens with zero attached hydrogens (tertiary/aromatic N) is 2. The van der Waals surface area contributed by atoms with Crippen molar-refractivity contribution < 1.29 is 4.79 Å². The van der Waals surface area contributed by atoms with Crippen LogP contribution in [-0.4, -0.2) is 60.5 Å². The second-order valence-electron chi connectivity index (χ2n) is 6.69. The first kappa shape index (κ1) is 19.6. The number of anilines is 2. The molecule has 148 valence electrons. The molecule has 4 N–H and O–H groups in total. The minimum atomic E-state index is -0.176. The number of hydrogen-bond acceptors (Lipinski definition) is 6. The Morgan fingerprint density at radius 2 is 2.21 bits per heavy atom. The van der Waals surface area contributed by atoms with Crippen molar-refractivity contribution in [3.05, 3.63) is 53.1 Å². The predicted molar refractivity (Wildman–Crippen MR) is 112 cm³/mol. The van der Waals surface area contributed by atoms with E-state index in [1.54, 1.807) is 23.4 Å². The molecule has 0 bridgehead atoms. The molecule has 28 heavy (non-hydrogen) atoms. The van der Waals surface area contributed by atoms with Gasteiger partial charge in [0.15, 0.2) is 0 Å². The van der Waals surface area contributed by atoms with Crippen molar-refractivity contribution in [1.29, 1.82) is 0 Å². The van der Waals surface area contributed by atoms with Crippen LogP contribution in [0.5, 0.6) is 0 Å². The molecule has 0 aliphatic carbocycles. The van der Waals surface area contributed by atoms with Crippen LogP contribution >= 0.6 is 0 Å². The number of aromatic amines is 1. The lowest BCUT2D eigenvalue weighted by molar-refractivity contribution is -0.125. The Hall–Kier alpha value is -3.13. The van der Waals surface area contributed by atoms with Gasteiger partial charge in [-0.2, -0.15) is 0 Å². The molecule has 1 saturated heterocycles. The molecular weight excluding hydrogens is 356 g/mol. The van der Waals surface area contributed by atoms with Crippen molar-refractivity contribution in [2.24, 2.45) is 0 Å². The Morgan fingerprint density at radius 3 is 3.00 bits per heavy atom. The van der Waals surface area contributed by atoms with E-state index in [0.29, 0.717) is 25.3 Å². The van der Waals surface area contributed by atoms with Crippen LogP contribution in [0, 0.1) is 0 Å². The third-order valence-corrected chi connectivity index (χ3v) is 4.69. The minimum Gasteiger partial charge on any atom is -0.376 e. The maximum atomic E-state index is 12.3. The van der Waals surface area contributed by atoms with E-state index in [1.165, 1.54) is 0 Å². The molecule has 8 heteroatoms. The first-order chi connectivity index (χ1) is 13.6. The summed E-state index contributed by atoms with van der Waals surface area (Å²) in [5.74, 6) is 0.757. The zero-order chi connectivity index (χ0) is 19.9. The Kier molecular flexibility index (Phi) is 6.44. The fourth-order valence-electron chi connectivity index (χ4n) is 3.19. The number of carbonyl (C=O) groups is 1. The number of nitrogens with one attached hydrogen (secondary N) is 4. The van der Waals surface area contributed by atoms with Gasteiger partial charge < -0.3 is 25.8 Å². The normalized spacial score (nSPS) is 16.5. The van der Waals surface area contributed by atoms with Gasteiger partial charge in [-0.3, -0.25) is 9.59 Å². The molecule has 1 aliphatic heterocycles. The van der Waals surface area contributed by atoms with Gasteiger partial charge in [-0.1, -0.05) is 6.08 Å². The van der Waals surface area contributed by atoms with Gasteiger partial charge in [-0.25, -0.2) is 4.98 Å². The van der Waals surface area contributed by atoms with E-state index < -0.39 is 0 Å². The Morgan fingerprint density at radius 1 is 1.36 bits per heavy atom. The third kappa shape index (κ3) is 4.77. The van der Waals surface area contributed by atoms with Gasteiger partial charge in [0.2, 0.25) is 5.91 Å². The van der Waals surface area contributed by atoms with Crippen LogP contribution in [-0.2, 0) is 4.79 Å².